The fraction of sp³-hybridized carbons (Fsp3) is 0.600. The Kier molecular flexibility index (Phi) is 8.13. The first-order chi connectivity index (χ1) is 5.45. The summed E-state index contributed by atoms with van der Waals surface area (Å²) in [4.78, 5) is 0. The van der Waals surface area contributed by atoms with Crippen LogP contribution >= 0.6 is 24.8 Å². The van der Waals surface area contributed by atoms with Crippen LogP contribution in [0.1, 0.15) is 19.8 Å². The van der Waals surface area contributed by atoms with Crippen molar-refractivity contribution in [2.45, 2.75) is 39.4 Å². The molecular formula is C10H19Cl2SiTi. The van der Waals surface area contributed by atoms with Crippen molar-refractivity contribution in [3.63, 3.8) is 0 Å². The normalized spacial score (nSPS) is 15.8. The molecule has 0 aromatic rings. The van der Waals surface area contributed by atoms with Crippen molar-refractivity contribution in [3.8, 4) is 0 Å². The molecule has 14 heavy (non-hydrogen) atoms. The van der Waals surface area contributed by atoms with Crippen molar-refractivity contribution in [3.05, 3.63) is 20.7 Å². The summed E-state index contributed by atoms with van der Waals surface area (Å²) in [5, 5.41) is 1.69. The van der Waals surface area contributed by atoms with E-state index in [0.717, 1.165) is 0 Å². The van der Waals surface area contributed by atoms with Crippen molar-refractivity contribution in [1.82, 2.24) is 0 Å². The van der Waals surface area contributed by atoms with Gasteiger partial charge in [-0.3, -0.25) is 0 Å². The molecule has 0 aromatic heterocycles. The largest absolute Gasteiger partial charge is 0.147 e. The van der Waals surface area contributed by atoms with Crippen LogP contribution in [0.4, 0.5) is 0 Å². The molecule has 0 bridgehead atoms. The Hall–Kier alpha value is 0.991. The average molecular weight is 286 g/mol. The van der Waals surface area contributed by atoms with Gasteiger partial charge < -0.3 is 0 Å². The molecule has 0 radical (unpaired) electrons. The number of halogens is 2. The Morgan fingerprint density at radius 1 is 1.29 bits per heavy atom. The number of hydrogen-bond acceptors (Lipinski definition) is 0. The van der Waals surface area contributed by atoms with Gasteiger partial charge in [-0.25, -0.2) is 0 Å². The molecule has 0 unspecified atom stereocenters. The van der Waals surface area contributed by atoms with Gasteiger partial charge in [-0.15, -0.1) is 24.8 Å². The molecular weight excluding hydrogens is 267 g/mol. The molecule has 1 aliphatic rings. The fourth-order valence-electron chi connectivity index (χ4n) is 1.56. The van der Waals surface area contributed by atoms with Crippen molar-refractivity contribution in [2.24, 2.45) is 0 Å². The van der Waals surface area contributed by atoms with Crippen molar-refractivity contribution in [1.29, 1.82) is 0 Å². The topological polar surface area (TPSA) is 0 Å². The summed E-state index contributed by atoms with van der Waals surface area (Å²) in [6.07, 6.45) is 4.93. The van der Waals surface area contributed by atoms with E-state index in [1.54, 1.807) is 14.6 Å². The Labute approximate surface area is 113 Å². The van der Waals surface area contributed by atoms with Crippen LogP contribution in [0.25, 0.3) is 0 Å². The second kappa shape index (κ2) is 6.55. The van der Waals surface area contributed by atoms with Crippen LogP contribution in [0.15, 0.2) is 20.7 Å². The zero-order valence-electron chi connectivity index (χ0n) is 9.31. The van der Waals surface area contributed by atoms with Gasteiger partial charge in [0.15, 0.2) is 0 Å². The van der Waals surface area contributed by atoms with E-state index in [4.69, 9.17) is 0 Å². The third-order valence-electron chi connectivity index (χ3n) is 2.34. The molecule has 0 N–H and O–H groups in total. The molecule has 0 heterocycles. The number of rotatable bonds is 2. The van der Waals surface area contributed by atoms with Gasteiger partial charge in [-0.1, -0.05) is 0 Å². The molecule has 1 aliphatic carbocycles. The molecule has 0 saturated heterocycles. The molecule has 81 valence electrons. The van der Waals surface area contributed by atoms with Gasteiger partial charge in [0.1, 0.15) is 0 Å². The molecule has 4 heteroatoms. The summed E-state index contributed by atoms with van der Waals surface area (Å²) in [5.74, 6) is 0. The maximum atomic E-state index is 2.46. The minimum Gasteiger partial charge on any atom is -0.147 e. The Bertz CT molecular complexity index is 251. The smallest absolute Gasteiger partial charge is 0.147 e. The molecule has 0 saturated carbocycles. The second-order valence-corrected chi connectivity index (χ2v) is 10.5. The number of hydrogen-bond donors (Lipinski definition) is 0. The van der Waals surface area contributed by atoms with E-state index in [9.17, 15) is 0 Å². The molecule has 1 rings (SSSR count). The Morgan fingerprint density at radius 2 is 1.79 bits per heavy atom. The SMILES string of the molecule is CCC1=CC([Si](C)(C)C)=[C]([Ti])C1.Cl.Cl. The summed E-state index contributed by atoms with van der Waals surface area (Å²) in [6, 6.07) is 0. The maximum absolute atomic E-state index is 2.46. The van der Waals surface area contributed by atoms with Crippen molar-refractivity contribution in [2.75, 3.05) is 0 Å². The molecule has 0 fully saturated rings. The molecule has 0 amide bonds. The molecule has 0 aromatic carbocycles. The summed E-state index contributed by atoms with van der Waals surface area (Å²) < 4.78 is 1.63. The zero-order chi connectivity index (χ0) is 9.35. The first-order valence-electron chi connectivity index (χ1n) is 4.60. The number of allylic oxidation sites excluding steroid dienone is 4. The quantitative estimate of drug-likeness (QED) is 0.666. The van der Waals surface area contributed by atoms with E-state index in [1.807, 2.05) is 0 Å². The van der Waals surface area contributed by atoms with Crippen LogP contribution in [0.3, 0.4) is 0 Å². The summed E-state index contributed by atoms with van der Waals surface area (Å²) in [7, 11) is -1.04. The van der Waals surface area contributed by atoms with Crippen LogP contribution in [0.5, 0.6) is 0 Å². The Balaban J connectivity index is 0. The first kappa shape index (κ1) is 17.4. The van der Waals surface area contributed by atoms with Gasteiger partial charge >= 0.3 is 88.6 Å². The minimum absolute atomic E-state index is 0. The predicted octanol–water partition coefficient (Wildman–Crippen LogP) is 4.25. The van der Waals surface area contributed by atoms with E-state index in [1.165, 1.54) is 12.8 Å². The standard InChI is InChI=1S/C10H17Si.2ClH.Ti/c1-5-9-6-7-10(8-9)11(2,3)4;;;/h8H,5-6H2,1-4H3;2*1H;. The van der Waals surface area contributed by atoms with E-state index in [-0.39, 0.29) is 24.8 Å². The van der Waals surface area contributed by atoms with Crippen LogP contribution < -0.4 is 0 Å². The zero-order valence-corrected chi connectivity index (χ0v) is 13.5. The van der Waals surface area contributed by atoms with Gasteiger partial charge in [0, 0.05) is 0 Å². The molecule has 0 spiro atoms. The van der Waals surface area contributed by atoms with Crippen LogP contribution in [-0.2, 0) is 20.4 Å². The monoisotopic (exact) mass is 285 g/mol. The van der Waals surface area contributed by atoms with E-state index in [2.05, 4.69) is 53.1 Å². The third-order valence-corrected chi connectivity index (χ3v) is 5.49. The summed E-state index contributed by atoms with van der Waals surface area (Å²) >= 11 is 2.30. The van der Waals surface area contributed by atoms with Gasteiger partial charge in [0.05, 0.1) is 0 Å². The Morgan fingerprint density at radius 3 is 2.00 bits per heavy atom. The summed E-state index contributed by atoms with van der Waals surface area (Å²) in [5.41, 5.74) is 1.63. The second-order valence-electron chi connectivity index (χ2n) is 4.48. The van der Waals surface area contributed by atoms with Gasteiger partial charge in [0.2, 0.25) is 0 Å². The molecule has 0 aliphatic heterocycles. The third kappa shape index (κ3) is 4.24. The molecule has 0 nitrogen and oxygen atoms in total. The average Bonchev–Trinajstić information content (AvgIpc) is 2.29. The van der Waals surface area contributed by atoms with E-state index in [0.29, 0.717) is 0 Å². The van der Waals surface area contributed by atoms with Gasteiger partial charge in [-0.2, -0.15) is 0 Å². The van der Waals surface area contributed by atoms with Crippen molar-refractivity contribution < 1.29 is 20.4 Å². The van der Waals surface area contributed by atoms with Crippen LogP contribution in [-0.4, -0.2) is 8.07 Å². The minimum atomic E-state index is -1.04. The van der Waals surface area contributed by atoms with E-state index < -0.39 is 8.07 Å². The first-order valence-corrected chi connectivity index (χ1v) is 8.88. The van der Waals surface area contributed by atoms with Crippen LogP contribution in [0, 0.1) is 0 Å². The molecule has 0 atom stereocenters. The van der Waals surface area contributed by atoms with Gasteiger partial charge in [0.25, 0.3) is 0 Å². The van der Waals surface area contributed by atoms with Crippen molar-refractivity contribution >= 4 is 32.9 Å². The fourth-order valence-corrected chi connectivity index (χ4v) is 5.42. The maximum Gasteiger partial charge on any atom is -0.147 e. The van der Waals surface area contributed by atoms with E-state index >= 15 is 0 Å². The summed E-state index contributed by atoms with van der Waals surface area (Å²) in [6.45, 7) is 9.55. The predicted molar refractivity (Wildman–Crippen MR) is 67.9 cm³/mol. The van der Waals surface area contributed by atoms with Gasteiger partial charge in [-0.05, 0) is 0 Å². The van der Waals surface area contributed by atoms with Crippen LogP contribution in [0.2, 0.25) is 19.6 Å².